The molecule has 1 heterocycles. The van der Waals surface area contributed by atoms with Gasteiger partial charge in [0.2, 0.25) is 12.3 Å². The van der Waals surface area contributed by atoms with Crippen molar-refractivity contribution in [2.45, 2.75) is 64.5 Å². The molecular weight excluding hydrogens is 268 g/mol. The second-order valence-corrected chi connectivity index (χ2v) is 5.50. The molecule has 1 aliphatic rings. The van der Waals surface area contributed by atoms with Crippen molar-refractivity contribution in [2.24, 2.45) is 0 Å². The lowest BCUT2D eigenvalue weighted by Crippen LogP contribution is -2.40. The standard InChI is InChI=1S/C16H26N2O3/c1-12(18-16(20)14(3)17-11-19)8-6-4-5-7-9-15-10-13(2)21-15/h8,11,14-15H,2,4-7,9-10H2,1,3H3,(H,17,19)(H,18,20)/b12-8-/t14-,15?/m1/s1. The van der Waals surface area contributed by atoms with E-state index < -0.39 is 6.04 Å². The molecule has 5 nitrogen and oxygen atoms in total. The zero-order valence-corrected chi connectivity index (χ0v) is 13.0. The third kappa shape index (κ3) is 6.97. The largest absolute Gasteiger partial charge is 0.495 e. The summed E-state index contributed by atoms with van der Waals surface area (Å²) in [6.45, 7) is 7.25. The molecular formula is C16H26N2O3. The third-order valence-corrected chi connectivity index (χ3v) is 3.50. The molecule has 1 unspecified atom stereocenters. The van der Waals surface area contributed by atoms with Gasteiger partial charge in [0.25, 0.3) is 0 Å². The highest BCUT2D eigenvalue weighted by Gasteiger charge is 2.21. The number of nitrogens with one attached hydrogen (secondary N) is 2. The first-order valence-electron chi connectivity index (χ1n) is 7.54. The van der Waals surface area contributed by atoms with E-state index in [-0.39, 0.29) is 5.91 Å². The van der Waals surface area contributed by atoms with E-state index in [2.05, 4.69) is 17.2 Å². The van der Waals surface area contributed by atoms with Gasteiger partial charge in [-0.05, 0) is 39.5 Å². The van der Waals surface area contributed by atoms with Gasteiger partial charge >= 0.3 is 0 Å². The highest BCUT2D eigenvalue weighted by molar-refractivity contribution is 5.84. The summed E-state index contributed by atoms with van der Waals surface area (Å²) in [7, 11) is 0. The summed E-state index contributed by atoms with van der Waals surface area (Å²) in [5, 5.41) is 5.19. The minimum Gasteiger partial charge on any atom is -0.495 e. The number of carbonyl (C=O) groups is 2. The second kappa shape index (κ2) is 9.21. The van der Waals surface area contributed by atoms with Crippen molar-refractivity contribution in [3.05, 3.63) is 24.1 Å². The SMILES string of the molecule is C=C1CC(CCCCC/C=C(/C)NC(=O)[C@@H](C)NC=O)O1. The van der Waals surface area contributed by atoms with Gasteiger partial charge in [0.15, 0.2) is 0 Å². The summed E-state index contributed by atoms with van der Waals surface area (Å²) in [6, 6.07) is -0.511. The molecule has 0 radical (unpaired) electrons. The van der Waals surface area contributed by atoms with Gasteiger partial charge in [-0.2, -0.15) is 0 Å². The van der Waals surface area contributed by atoms with E-state index in [0.717, 1.165) is 50.0 Å². The molecule has 2 atom stereocenters. The minimum atomic E-state index is -0.511. The Bertz CT molecular complexity index is 396. The maximum absolute atomic E-state index is 11.6. The van der Waals surface area contributed by atoms with Gasteiger partial charge in [-0.15, -0.1) is 0 Å². The highest BCUT2D eigenvalue weighted by Crippen LogP contribution is 2.26. The number of ether oxygens (including phenoxy) is 1. The van der Waals surface area contributed by atoms with Crippen LogP contribution >= 0.6 is 0 Å². The van der Waals surface area contributed by atoms with Gasteiger partial charge in [-0.25, -0.2) is 0 Å². The van der Waals surface area contributed by atoms with Crippen LogP contribution in [0.1, 0.15) is 52.4 Å². The molecule has 0 aromatic carbocycles. The summed E-state index contributed by atoms with van der Waals surface area (Å²) < 4.78 is 5.39. The number of amides is 2. The molecule has 2 N–H and O–H groups in total. The van der Waals surface area contributed by atoms with Crippen LogP contribution in [-0.4, -0.2) is 24.5 Å². The van der Waals surface area contributed by atoms with Crippen LogP contribution in [0.15, 0.2) is 24.1 Å². The predicted octanol–water partition coefficient (Wildman–Crippen LogP) is 2.39. The number of hydrogen-bond donors (Lipinski definition) is 2. The predicted molar refractivity (Wildman–Crippen MR) is 82.3 cm³/mol. The lowest BCUT2D eigenvalue weighted by Gasteiger charge is -2.29. The smallest absolute Gasteiger partial charge is 0.246 e. The van der Waals surface area contributed by atoms with E-state index >= 15 is 0 Å². The van der Waals surface area contributed by atoms with Gasteiger partial charge in [0.05, 0.1) is 5.76 Å². The van der Waals surface area contributed by atoms with E-state index in [1.165, 1.54) is 0 Å². The van der Waals surface area contributed by atoms with Crippen molar-refractivity contribution in [3.63, 3.8) is 0 Å². The van der Waals surface area contributed by atoms with Gasteiger partial charge in [-0.1, -0.05) is 19.1 Å². The maximum Gasteiger partial charge on any atom is 0.246 e. The summed E-state index contributed by atoms with van der Waals surface area (Å²) >= 11 is 0. The lowest BCUT2D eigenvalue weighted by atomic mass is 10.0. The Morgan fingerprint density at radius 3 is 2.81 bits per heavy atom. The Morgan fingerprint density at radius 1 is 1.48 bits per heavy atom. The van der Waals surface area contributed by atoms with Crippen LogP contribution < -0.4 is 10.6 Å². The Balaban J connectivity index is 2.05. The first-order valence-corrected chi connectivity index (χ1v) is 7.54. The second-order valence-electron chi connectivity index (χ2n) is 5.50. The third-order valence-electron chi connectivity index (χ3n) is 3.50. The highest BCUT2D eigenvalue weighted by atomic mass is 16.5. The number of allylic oxidation sites excluding steroid dienone is 2. The Kier molecular flexibility index (Phi) is 7.58. The molecule has 0 saturated carbocycles. The summed E-state index contributed by atoms with van der Waals surface area (Å²) in [5.41, 5.74) is 0.832. The molecule has 21 heavy (non-hydrogen) atoms. The fourth-order valence-corrected chi connectivity index (χ4v) is 2.18. The van der Waals surface area contributed by atoms with E-state index in [9.17, 15) is 9.59 Å². The average Bonchev–Trinajstić information content (AvgIpc) is 2.40. The first-order chi connectivity index (χ1) is 10.0. The molecule has 0 aliphatic carbocycles. The Labute approximate surface area is 126 Å². The van der Waals surface area contributed by atoms with E-state index in [4.69, 9.17) is 4.74 Å². The zero-order valence-electron chi connectivity index (χ0n) is 13.0. The summed E-state index contributed by atoms with van der Waals surface area (Å²) in [6.07, 6.45) is 9.43. The van der Waals surface area contributed by atoms with Crippen LogP contribution in [0, 0.1) is 0 Å². The molecule has 0 aromatic heterocycles. The van der Waals surface area contributed by atoms with Crippen molar-refractivity contribution >= 4 is 12.3 Å². The Morgan fingerprint density at radius 2 is 2.19 bits per heavy atom. The van der Waals surface area contributed by atoms with Crippen molar-refractivity contribution in [1.82, 2.24) is 10.6 Å². The van der Waals surface area contributed by atoms with Crippen molar-refractivity contribution < 1.29 is 14.3 Å². The molecule has 118 valence electrons. The van der Waals surface area contributed by atoms with Crippen molar-refractivity contribution in [2.75, 3.05) is 0 Å². The molecule has 2 amide bonds. The topological polar surface area (TPSA) is 67.4 Å². The first kappa shape index (κ1) is 17.3. The van der Waals surface area contributed by atoms with Crippen LogP contribution in [0.5, 0.6) is 0 Å². The van der Waals surface area contributed by atoms with Gasteiger partial charge < -0.3 is 15.4 Å². The van der Waals surface area contributed by atoms with E-state index in [1.54, 1.807) is 6.92 Å². The zero-order chi connectivity index (χ0) is 15.7. The van der Waals surface area contributed by atoms with E-state index in [1.807, 2.05) is 13.0 Å². The molecule has 1 rings (SSSR count). The lowest BCUT2D eigenvalue weighted by molar-refractivity contribution is -0.124. The van der Waals surface area contributed by atoms with Crippen molar-refractivity contribution in [3.8, 4) is 0 Å². The normalized spacial score (nSPS) is 19.2. The molecule has 5 heteroatoms. The van der Waals surface area contributed by atoms with Crippen molar-refractivity contribution in [1.29, 1.82) is 0 Å². The monoisotopic (exact) mass is 294 g/mol. The summed E-state index contributed by atoms with van der Waals surface area (Å²) in [5.74, 6) is 0.714. The fraction of sp³-hybridized carbons (Fsp3) is 0.625. The number of unbranched alkanes of at least 4 members (excludes halogenated alkanes) is 3. The quantitative estimate of drug-likeness (QED) is 0.480. The molecule has 1 fully saturated rings. The van der Waals surface area contributed by atoms with Crippen LogP contribution in [-0.2, 0) is 14.3 Å². The van der Waals surface area contributed by atoms with Gasteiger partial charge in [0, 0.05) is 12.1 Å². The van der Waals surface area contributed by atoms with Crippen LogP contribution in [0.2, 0.25) is 0 Å². The Hall–Kier alpha value is -1.78. The van der Waals surface area contributed by atoms with Gasteiger partial charge in [0.1, 0.15) is 12.1 Å². The number of hydrogen-bond acceptors (Lipinski definition) is 3. The number of carbonyl (C=O) groups excluding carboxylic acids is 2. The molecule has 0 bridgehead atoms. The van der Waals surface area contributed by atoms with Gasteiger partial charge in [-0.3, -0.25) is 9.59 Å². The van der Waals surface area contributed by atoms with Crippen LogP contribution in [0.4, 0.5) is 0 Å². The minimum absolute atomic E-state index is 0.196. The molecule has 1 aliphatic heterocycles. The summed E-state index contributed by atoms with van der Waals surface area (Å²) in [4.78, 5) is 21.9. The number of rotatable bonds is 10. The maximum atomic E-state index is 11.6. The molecule has 0 aromatic rings. The fourth-order valence-electron chi connectivity index (χ4n) is 2.18. The van der Waals surface area contributed by atoms with E-state index in [0.29, 0.717) is 12.5 Å². The average molecular weight is 294 g/mol. The van der Waals surface area contributed by atoms with Crippen LogP contribution in [0.3, 0.4) is 0 Å². The molecule has 1 saturated heterocycles. The van der Waals surface area contributed by atoms with Crippen LogP contribution in [0.25, 0.3) is 0 Å². The molecule has 0 spiro atoms.